The van der Waals surface area contributed by atoms with E-state index < -0.39 is 10.0 Å². The van der Waals surface area contributed by atoms with Gasteiger partial charge in [-0.1, -0.05) is 27.5 Å². The first-order valence-electron chi connectivity index (χ1n) is 8.04. The van der Waals surface area contributed by atoms with Crippen LogP contribution in [-0.2, 0) is 10.0 Å². The third kappa shape index (κ3) is 5.68. The minimum Gasteiger partial charge on any atom is -0.332 e. The molecule has 5 nitrogen and oxygen atoms in total. The lowest BCUT2D eigenvalue weighted by molar-refractivity contribution is 0.601. The van der Waals surface area contributed by atoms with Crippen LogP contribution in [0.2, 0.25) is 5.02 Å². The number of hydrogen-bond donors (Lipinski definition) is 3. The first-order valence-corrected chi connectivity index (χ1v) is 11.1. The zero-order valence-electron chi connectivity index (χ0n) is 14.3. The Bertz CT molecular complexity index is 1070. The fourth-order valence-corrected chi connectivity index (χ4v) is 3.96. The molecular formula is C19H15BrClN3O2S2. The van der Waals surface area contributed by atoms with Crippen LogP contribution in [0.3, 0.4) is 0 Å². The molecule has 0 spiro atoms. The van der Waals surface area contributed by atoms with E-state index in [1.807, 2.05) is 24.3 Å². The molecule has 0 aromatic heterocycles. The van der Waals surface area contributed by atoms with E-state index in [0.717, 1.165) is 10.2 Å². The smallest absolute Gasteiger partial charge is 0.261 e. The number of anilines is 3. The zero-order chi connectivity index (χ0) is 20.1. The number of benzene rings is 3. The zero-order valence-corrected chi connectivity index (χ0v) is 18.3. The molecule has 0 amide bonds. The van der Waals surface area contributed by atoms with Crippen molar-refractivity contribution in [2.24, 2.45) is 0 Å². The van der Waals surface area contributed by atoms with Crippen LogP contribution in [0.1, 0.15) is 0 Å². The fraction of sp³-hybridized carbons (Fsp3) is 0. The fourth-order valence-electron chi connectivity index (χ4n) is 2.28. The second kappa shape index (κ2) is 8.91. The lowest BCUT2D eigenvalue weighted by atomic mass is 10.3. The maximum absolute atomic E-state index is 12.5. The summed E-state index contributed by atoms with van der Waals surface area (Å²) in [5.41, 5.74) is 1.94. The van der Waals surface area contributed by atoms with Gasteiger partial charge in [0.15, 0.2) is 5.11 Å². The van der Waals surface area contributed by atoms with Crippen molar-refractivity contribution in [1.29, 1.82) is 0 Å². The van der Waals surface area contributed by atoms with Gasteiger partial charge in [0.05, 0.1) is 4.90 Å². The van der Waals surface area contributed by atoms with Gasteiger partial charge in [0, 0.05) is 26.6 Å². The molecule has 0 saturated carbocycles. The molecule has 3 N–H and O–H groups in total. The standard InChI is InChI=1S/C19H15BrClN3O2S2/c20-13-1-5-15(6-2-13)22-19(27)23-16-9-11-18(12-10-16)28(25,26)24-17-7-3-14(21)4-8-17/h1-12,24H,(H2,22,23,27). The van der Waals surface area contributed by atoms with E-state index in [-0.39, 0.29) is 4.90 Å². The molecule has 144 valence electrons. The number of nitrogens with one attached hydrogen (secondary N) is 3. The van der Waals surface area contributed by atoms with Crippen LogP contribution >= 0.6 is 39.7 Å². The SMILES string of the molecule is O=S(=O)(Nc1ccc(Cl)cc1)c1ccc(NC(=S)Nc2ccc(Br)cc2)cc1. The van der Waals surface area contributed by atoms with Gasteiger partial charge in [-0.3, -0.25) is 4.72 Å². The minimum absolute atomic E-state index is 0.139. The molecule has 9 heteroatoms. The van der Waals surface area contributed by atoms with Gasteiger partial charge < -0.3 is 10.6 Å². The molecule has 28 heavy (non-hydrogen) atoms. The van der Waals surface area contributed by atoms with Crippen molar-refractivity contribution < 1.29 is 8.42 Å². The summed E-state index contributed by atoms with van der Waals surface area (Å²) in [6.07, 6.45) is 0. The Kier molecular flexibility index (Phi) is 6.56. The molecule has 0 aliphatic heterocycles. The second-order valence-corrected chi connectivity index (χ2v) is 9.17. The normalized spacial score (nSPS) is 10.9. The molecule has 0 saturated heterocycles. The van der Waals surface area contributed by atoms with Crippen LogP contribution in [-0.4, -0.2) is 13.5 Å². The summed E-state index contributed by atoms with van der Waals surface area (Å²) in [5, 5.41) is 7.01. The van der Waals surface area contributed by atoms with Crippen molar-refractivity contribution in [3.05, 3.63) is 82.3 Å². The summed E-state index contributed by atoms with van der Waals surface area (Å²) < 4.78 is 28.4. The van der Waals surface area contributed by atoms with Crippen LogP contribution in [0.5, 0.6) is 0 Å². The Hall–Kier alpha value is -2.13. The lowest BCUT2D eigenvalue weighted by Gasteiger charge is -2.12. The molecule has 0 fully saturated rings. The lowest BCUT2D eigenvalue weighted by Crippen LogP contribution is -2.19. The molecule has 0 aliphatic carbocycles. The van der Waals surface area contributed by atoms with E-state index in [9.17, 15) is 8.42 Å². The Morgan fingerprint density at radius 1 is 0.786 bits per heavy atom. The van der Waals surface area contributed by atoms with Crippen molar-refractivity contribution in [3.8, 4) is 0 Å². The van der Waals surface area contributed by atoms with Gasteiger partial charge in [-0.2, -0.15) is 0 Å². The molecule has 3 rings (SSSR count). The molecule has 0 atom stereocenters. The minimum atomic E-state index is -3.70. The highest BCUT2D eigenvalue weighted by molar-refractivity contribution is 9.10. The number of hydrogen-bond acceptors (Lipinski definition) is 3. The van der Waals surface area contributed by atoms with Crippen LogP contribution < -0.4 is 15.4 Å². The summed E-state index contributed by atoms with van der Waals surface area (Å²) in [6.45, 7) is 0. The van der Waals surface area contributed by atoms with E-state index in [1.165, 1.54) is 12.1 Å². The van der Waals surface area contributed by atoms with E-state index in [1.54, 1.807) is 36.4 Å². The average Bonchev–Trinajstić information content (AvgIpc) is 2.66. The van der Waals surface area contributed by atoms with Crippen molar-refractivity contribution in [1.82, 2.24) is 0 Å². The Morgan fingerprint density at radius 2 is 1.25 bits per heavy atom. The molecule has 3 aromatic carbocycles. The second-order valence-electron chi connectivity index (χ2n) is 5.72. The number of halogens is 2. The first-order chi connectivity index (χ1) is 13.3. The van der Waals surface area contributed by atoms with Crippen LogP contribution in [0.4, 0.5) is 17.1 Å². The van der Waals surface area contributed by atoms with Gasteiger partial charge in [-0.15, -0.1) is 0 Å². The largest absolute Gasteiger partial charge is 0.332 e. The van der Waals surface area contributed by atoms with Gasteiger partial charge >= 0.3 is 0 Å². The highest BCUT2D eigenvalue weighted by atomic mass is 79.9. The summed E-state index contributed by atoms with van der Waals surface area (Å²) in [7, 11) is -3.70. The van der Waals surface area contributed by atoms with Gasteiger partial charge in [0.1, 0.15) is 0 Å². The summed E-state index contributed by atoms with van der Waals surface area (Å²) in [5.74, 6) is 0. The number of thiocarbonyl (C=S) groups is 1. The third-order valence-corrected chi connectivity index (χ3v) is 6.00. The monoisotopic (exact) mass is 495 g/mol. The summed E-state index contributed by atoms with van der Waals surface area (Å²) in [6, 6.07) is 20.3. The van der Waals surface area contributed by atoms with Gasteiger partial charge in [0.25, 0.3) is 10.0 Å². The molecule has 3 aromatic rings. The van der Waals surface area contributed by atoms with E-state index in [4.69, 9.17) is 23.8 Å². The molecule has 0 bridgehead atoms. The molecule has 0 aliphatic rings. The Labute approximate surface area is 182 Å². The van der Waals surface area contributed by atoms with Crippen molar-refractivity contribution in [2.45, 2.75) is 4.90 Å². The summed E-state index contributed by atoms with van der Waals surface area (Å²) >= 11 is 14.5. The van der Waals surface area contributed by atoms with Crippen molar-refractivity contribution >= 4 is 71.9 Å². The topological polar surface area (TPSA) is 70.2 Å². The van der Waals surface area contributed by atoms with E-state index >= 15 is 0 Å². The quantitative estimate of drug-likeness (QED) is 0.395. The van der Waals surface area contributed by atoms with Crippen LogP contribution in [0.15, 0.2) is 82.2 Å². The van der Waals surface area contributed by atoms with E-state index in [0.29, 0.717) is 21.5 Å². The van der Waals surface area contributed by atoms with Gasteiger partial charge in [-0.25, -0.2) is 8.42 Å². The molecular weight excluding hydrogens is 482 g/mol. The van der Waals surface area contributed by atoms with Crippen LogP contribution in [0, 0.1) is 0 Å². The third-order valence-electron chi connectivity index (χ3n) is 3.62. The Morgan fingerprint density at radius 3 is 1.79 bits per heavy atom. The predicted octanol–water partition coefficient (Wildman–Crippen LogP) is 5.71. The highest BCUT2D eigenvalue weighted by Gasteiger charge is 2.14. The highest BCUT2D eigenvalue weighted by Crippen LogP contribution is 2.20. The van der Waals surface area contributed by atoms with Crippen molar-refractivity contribution in [3.63, 3.8) is 0 Å². The first kappa shape index (κ1) is 20.6. The maximum Gasteiger partial charge on any atom is 0.261 e. The number of sulfonamides is 1. The van der Waals surface area contributed by atoms with Gasteiger partial charge in [-0.05, 0) is 85.0 Å². The average molecular weight is 497 g/mol. The Balaban J connectivity index is 1.64. The van der Waals surface area contributed by atoms with Crippen LogP contribution in [0.25, 0.3) is 0 Å². The molecule has 0 radical (unpaired) electrons. The molecule has 0 unspecified atom stereocenters. The predicted molar refractivity (Wildman–Crippen MR) is 123 cm³/mol. The van der Waals surface area contributed by atoms with Gasteiger partial charge in [0.2, 0.25) is 0 Å². The maximum atomic E-state index is 12.5. The molecule has 0 heterocycles. The van der Waals surface area contributed by atoms with Crippen molar-refractivity contribution in [2.75, 3.05) is 15.4 Å². The van der Waals surface area contributed by atoms with E-state index in [2.05, 4.69) is 31.3 Å². The number of rotatable bonds is 5. The summed E-state index contributed by atoms with van der Waals surface area (Å²) in [4.78, 5) is 0.139.